The Morgan fingerprint density at radius 2 is 2.27 bits per heavy atom. The Kier molecular flexibility index (Phi) is 3.87. The molecule has 0 aliphatic rings. The minimum atomic E-state index is -0.395. The minimum Gasteiger partial charge on any atom is -0.465 e. The molecule has 78 valence electrons. The molecular weight excluding hydrogens is 258 g/mol. The summed E-state index contributed by atoms with van der Waals surface area (Å²) < 4.78 is 4.61. The molecule has 0 saturated heterocycles. The fraction of sp³-hybridized carbons (Fsp3) is 0.273. The molecule has 0 fully saturated rings. The maximum absolute atomic E-state index is 11.3. The first-order valence-corrected chi connectivity index (χ1v) is 5.28. The molecule has 3 nitrogen and oxygen atoms in total. The SMILES string of the molecule is COC(=O)c1ccc(C#N)c(C(C)Br)c1. The fourth-order valence-electron chi connectivity index (χ4n) is 1.24. The number of carbonyl (C=O) groups excluding carboxylic acids is 1. The molecule has 15 heavy (non-hydrogen) atoms. The number of halogens is 1. The highest BCUT2D eigenvalue weighted by molar-refractivity contribution is 9.09. The van der Waals surface area contributed by atoms with Gasteiger partial charge in [-0.15, -0.1) is 0 Å². The summed E-state index contributed by atoms with van der Waals surface area (Å²) in [6, 6.07) is 6.96. The van der Waals surface area contributed by atoms with Gasteiger partial charge in [0.1, 0.15) is 0 Å². The number of ether oxygens (including phenoxy) is 1. The third-order valence-electron chi connectivity index (χ3n) is 2.02. The zero-order chi connectivity index (χ0) is 11.4. The minimum absolute atomic E-state index is 0.0248. The third kappa shape index (κ3) is 2.57. The van der Waals surface area contributed by atoms with Crippen molar-refractivity contribution in [1.82, 2.24) is 0 Å². The van der Waals surface area contributed by atoms with Gasteiger partial charge in [-0.05, 0) is 30.7 Å². The van der Waals surface area contributed by atoms with Gasteiger partial charge in [0.2, 0.25) is 0 Å². The van der Waals surface area contributed by atoms with Crippen molar-refractivity contribution in [2.24, 2.45) is 0 Å². The van der Waals surface area contributed by atoms with Gasteiger partial charge in [-0.2, -0.15) is 5.26 Å². The monoisotopic (exact) mass is 267 g/mol. The van der Waals surface area contributed by atoms with Gasteiger partial charge < -0.3 is 4.74 Å². The van der Waals surface area contributed by atoms with Crippen LogP contribution in [-0.4, -0.2) is 13.1 Å². The number of rotatable bonds is 2. The lowest BCUT2D eigenvalue weighted by Gasteiger charge is -2.08. The maximum Gasteiger partial charge on any atom is 0.337 e. The van der Waals surface area contributed by atoms with Crippen LogP contribution in [0.2, 0.25) is 0 Å². The average Bonchev–Trinajstić information content (AvgIpc) is 2.27. The highest BCUT2D eigenvalue weighted by Gasteiger charge is 2.12. The van der Waals surface area contributed by atoms with Crippen LogP contribution in [0.25, 0.3) is 0 Å². The van der Waals surface area contributed by atoms with E-state index in [1.165, 1.54) is 7.11 Å². The molecule has 0 N–H and O–H groups in total. The van der Waals surface area contributed by atoms with E-state index in [-0.39, 0.29) is 4.83 Å². The summed E-state index contributed by atoms with van der Waals surface area (Å²) >= 11 is 3.38. The van der Waals surface area contributed by atoms with E-state index in [4.69, 9.17) is 5.26 Å². The molecular formula is C11H10BrNO2. The van der Waals surface area contributed by atoms with Crippen molar-refractivity contribution in [2.75, 3.05) is 7.11 Å². The molecule has 0 aliphatic heterocycles. The second-order valence-electron chi connectivity index (χ2n) is 3.02. The highest BCUT2D eigenvalue weighted by Crippen LogP contribution is 2.26. The van der Waals surface area contributed by atoms with E-state index in [1.54, 1.807) is 18.2 Å². The maximum atomic E-state index is 11.3. The Morgan fingerprint density at radius 1 is 1.60 bits per heavy atom. The normalized spacial score (nSPS) is 11.6. The molecule has 0 amide bonds. The lowest BCUT2D eigenvalue weighted by atomic mass is 10.0. The number of esters is 1. The zero-order valence-electron chi connectivity index (χ0n) is 8.45. The fourth-order valence-corrected chi connectivity index (χ4v) is 1.62. The van der Waals surface area contributed by atoms with Crippen molar-refractivity contribution in [1.29, 1.82) is 5.26 Å². The lowest BCUT2D eigenvalue weighted by Crippen LogP contribution is -2.03. The summed E-state index contributed by atoms with van der Waals surface area (Å²) in [6.45, 7) is 1.90. The van der Waals surface area contributed by atoms with E-state index in [0.717, 1.165) is 5.56 Å². The molecule has 0 spiro atoms. The Hall–Kier alpha value is -1.34. The van der Waals surface area contributed by atoms with Crippen molar-refractivity contribution < 1.29 is 9.53 Å². The van der Waals surface area contributed by atoms with E-state index in [1.807, 2.05) is 6.92 Å². The first-order valence-electron chi connectivity index (χ1n) is 4.36. The molecule has 0 heterocycles. The molecule has 1 atom stereocenters. The number of nitriles is 1. The third-order valence-corrected chi connectivity index (χ3v) is 2.51. The number of nitrogens with zero attached hydrogens (tertiary/aromatic N) is 1. The molecule has 0 saturated carbocycles. The van der Waals surface area contributed by atoms with Crippen LogP contribution in [0.4, 0.5) is 0 Å². The molecule has 1 aromatic carbocycles. The van der Waals surface area contributed by atoms with Crippen molar-refractivity contribution in [3.63, 3.8) is 0 Å². The van der Waals surface area contributed by atoms with E-state index < -0.39 is 5.97 Å². The van der Waals surface area contributed by atoms with Crippen molar-refractivity contribution >= 4 is 21.9 Å². The second kappa shape index (κ2) is 4.94. The van der Waals surface area contributed by atoms with Gasteiger partial charge in [0.05, 0.1) is 24.3 Å². The van der Waals surface area contributed by atoms with Crippen LogP contribution >= 0.6 is 15.9 Å². The lowest BCUT2D eigenvalue weighted by molar-refractivity contribution is 0.0600. The Labute approximate surface area is 96.8 Å². The van der Waals surface area contributed by atoms with Crippen molar-refractivity contribution in [3.05, 3.63) is 34.9 Å². The van der Waals surface area contributed by atoms with Gasteiger partial charge in [-0.1, -0.05) is 15.9 Å². The topological polar surface area (TPSA) is 50.1 Å². The van der Waals surface area contributed by atoms with Gasteiger partial charge in [0, 0.05) is 4.83 Å². The quantitative estimate of drug-likeness (QED) is 0.612. The van der Waals surface area contributed by atoms with Crippen LogP contribution in [-0.2, 0) is 4.74 Å². The van der Waals surface area contributed by atoms with Crippen LogP contribution in [0, 0.1) is 11.3 Å². The van der Waals surface area contributed by atoms with Crippen LogP contribution in [0.3, 0.4) is 0 Å². The molecule has 1 unspecified atom stereocenters. The van der Waals surface area contributed by atoms with Crippen LogP contribution in [0.5, 0.6) is 0 Å². The van der Waals surface area contributed by atoms with E-state index in [9.17, 15) is 4.79 Å². The summed E-state index contributed by atoms with van der Waals surface area (Å²) in [5.74, 6) is -0.395. The van der Waals surface area contributed by atoms with E-state index in [2.05, 4.69) is 26.7 Å². The number of alkyl halides is 1. The second-order valence-corrected chi connectivity index (χ2v) is 4.39. The molecule has 1 rings (SSSR count). The number of benzene rings is 1. The highest BCUT2D eigenvalue weighted by atomic mass is 79.9. The van der Waals surface area contributed by atoms with E-state index >= 15 is 0 Å². The van der Waals surface area contributed by atoms with Crippen LogP contribution < -0.4 is 0 Å². The Bertz CT molecular complexity index is 421. The summed E-state index contributed by atoms with van der Waals surface area (Å²) in [4.78, 5) is 11.3. The average molecular weight is 268 g/mol. The van der Waals surface area contributed by atoms with Gasteiger partial charge in [-0.25, -0.2) is 4.79 Å². The molecule has 0 radical (unpaired) electrons. The van der Waals surface area contributed by atoms with Crippen molar-refractivity contribution in [3.8, 4) is 6.07 Å². The van der Waals surface area contributed by atoms with Crippen LogP contribution in [0.1, 0.15) is 33.2 Å². The zero-order valence-corrected chi connectivity index (χ0v) is 10.0. The molecule has 4 heteroatoms. The number of hydrogen-bond acceptors (Lipinski definition) is 3. The number of carbonyl (C=O) groups is 1. The predicted octanol–water partition coefficient (Wildman–Crippen LogP) is 2.80. The first-order chi connectivity index (χ1) is 7.10. The van der Waals surface area contributed by atoms with Crippen molar-refractivity contribution in [2.45, 2.75) is 11.8 Å². The van der Waals surface area contributed by atoms with Gasteiger partial charge in [0.15, 0.2) is 0 Å². The first kappa shape index (κ1) is 11.7. The molecule has 1 aromatic rings. The predicted molar refractivity (Wildman–Crippen MR) is 59.8 cm³/mol. The standard InChI is InChI=1S/C11H10BrNO2/c1-7(12)10-5-8(11(14)15-2)3-4-9(10)6-13/h3-5,7H,1-2H3. The van der Waals surface area contributed by atoms with Gasteiger partial charge in [0.25, 0.3) is 0 Å². The summed E-state index contributed by atoms with van der Waals surface area (Å²) in [5, 5.41) is 8.87. The van der Waals surface area contributed by atoms with Gasteiger partial charge in [-0.3, -0.25) is 0 Å². The largest absolute Gasteiger partial charge is 0.465 e. The number of methoxy groups -OCH3 is 1. The molecule has 0 aromatic heterocycles. The van der Waals surface area contributed by atoms with Gasteiger partial charge >= 0.3 is 5.97 Å². The molecule has 0 aliphatic carbocycles. The smallest absolute Gasteiger partial charge is 0.337 e. The summed E-state index contributed by atoms with van der Waals surface area (Å²) in [6.07, 6.45) is 0. The Balaban J connectivity index is 3.23. The van der Waals surface area contributed by atoms with E-state index in [0.29, 0.717) is 11.1 Å². The summed E-state index contributed by atoms with van der Waals surface area (Å²) in [5.41, 5.74) is 1.81. The Morgan fingerprint density at radius 3 is 2.73 bits per heavy atom. The van der Waals surface area contributed by atoms with Crippen LogP contribution in [0.15, 0.2) is 18.2 Å². The number of hydrogen-bond donors (Lipinski definition) is 0. The summed E-state index contributed by atoms with van der Waals surface area (Å²) in [7, 11) is 1.33. The molecule has 0 bridgehead atoms.